The van der Waals surface area contributed by atoms with Gasteiger partial charge in [0.2, 0.25) is 0 Å². The quantitative estimate of drug-likeness (QED) is 0.728. The SMILES string of the molecule is CSCCC(C)N(C)CCc1cnccn1. The first kappa shape index (κ1) is 13.5. The standard InChI is InChI=1S/C12H21N3S/c1-11(5-9-16-3)15(2)8-4-12-10-13-6-7-14-12/h6-7,10-11H,4-5,8-9H2,1-3H3. The summed E-state index contributed by atoms with van der Waals surface area (Å²) in [5.41, 5.74) is 1.08. The molecule has 0 saturated carbocycles. The fourth-order valence-corrected chi connectivity index (χ4v) is 2.06. The van der Waals surface area contributed by atoms with Crippen LogP contribution in [0.15, 0.2) is 18.6 Å². The zero-order chi connectivity index (χ0) is 11.8. The summed E-state index contributed by atoms with van der Waals surface area (Å²) in [4.78, 5) is 10.7. The van der Waals surface area contributed by atoms with E-state index in [4.69, 9.17) is 0 Å². The van der Waals surface area contributed by atoms with Crippen LogP contribution in [0.4, 0.5) is 0 Å². The van der Waals surface area contributed by atoms with Crippen LogP contribution in [0.5, 0.6) is 0 Å². The second-order valence-corrected chi connectivity index (χ2v) is 5.04. The van der Waals surface area contributed by atoms with Crippen LogP contribution in [-0.4, -0.2) is 46.5 Å². The Bertz CT molecular complexity index is 279. The molecule has 0 spiro atoms. The minimum atomic E-state index is 0.643. The highest BCUT2D eigenvalue weighted by Gasteiger charge is 2.08. The lowest BCUT2D eigenvalue weighted by atomic mass is 10.2. The first-order valence-electron chi connectivity index (χ1n) is 5.68. The predicted molar refractivity (Wildman–Crippen MR) is 70.8 cm³/mol. The molecular weight excluding hydrogens is 218 g/mol. The van der Waals surface area contributed by atoms with Gasteiger partial charge in [-0.2, -0.15) is 11.8 Å². The van der Waals surface area contributed by atoms with Gasteiger partial charge in [0, 0.05) is 37.6 Å². The Labute approximate surface area is 103 Å². The molecule has 0 aliphatic rings. The first-order valence-corrected chi connectivity index (χ1v) is 7.07. The predicted octanol–water partition coefficient (Wildman–Crippen LogP) is 2.09. The van der Waals surface area contributed by atoms with Crippen molar-refractivity contribution in [2.24, 2.45) is 0 Å². The van der Waals surface area contributed by atoms with Gasteiger partial charge in [0.25, 0.3) is 0 Å². The van der Waals surface area contributed by atoms with Gasteiger partial charge < -0.3 is 4.90 Å². The molecule has 1 unspecified atom stereocenters. The molecule has 1 atom stereocenters. The van der Waals surface area contributed by atoms with E-state index in [2.05, 4.69) is 35.1 Å². The number of rotatable bonds is 7. The second kappa shape index (κ2) is 7.63. The van der Waals surface area contributed by atoms with Gasteiger partial charge >= 0.3 is 0 Å². The summed E-state index contributed by atoms with van der Waals surface area (Å²) in [6.07, 6.45) is 9.71. The van der Waals surface area contributed by atoms with Crippen LogP contribution in [0.1, 0.15) is 19.0 Å². The highest BCUT2D eigenvalue weighted by Crippen LogP contribution is 2.06. The second-order valence-electron chi connectivity index (χ2n) is 4.06. The van der Waals surface area contributed by atoms with Gasteiger partial charge in [-0.25, -0.2) is 0 Å². The molecule has 0 aromatic carbocycles. The Balaban J connectivity index is 2.26. The maximum Gasteiger partial charge on any atom is 0.0599 e. The average Bonchev–Trinajstić information content (AvgIpc) is 2.34. The normalized spacial score (nSPS) is 13.0. The van der Waals surface area contributed by atoms with Crippen molar-refractivity contribution < 1.29 is 0 Å². The number of hydrogen-bond acceptors (Lipinski definition) is 4. The van der Waals surface area contributed by atoms with Crippen LogP contribution < -0.4 is 0 Å². The van der Waals surface area contributed by atoms with E-state index < -0.39 is 0 Å². The number of nitrogens with zero attached hydrogens (tertiary/aromatic N) is 3. The van der Waals surface area contributed by atoms with E-state index >= 15 is 0 Å². The van der Waals surface area contributed by atoms with Crippen molar-refractivity contribution in [3.05, 3.63) is 24.3 Å². The fraction of sp³-hybridized carbons (Fsp3) is 0.667. The van der Waals surface area contributed by atoms with E-state index in [0.29, 0.717) is 6.04 Å². The van der Waals surface area contributed by atoms with Gasteiger partial charge in [-0.1, -0.05) is 0 Å². The van der Waals surface area contributed by atoms with Crippen LogP contribution in [0.25, 0.3) is 0 Å². The molecule has 1 aromatic rings. The summed E-state index contributed by atoms with van der Waals surface area (Å²) in [7, 11) is 2.18. The largest absolute Gasteiger partial charge is 0.303 e. The summed E-state index contributed by atoms with van der Waals surface area (Å²) in [5.74, 6) is 1.23. The fourth-order valence-electron chi connectivity index (χ4n) is 1.48. The molecule has 0 radical (unpaired) electrons. The Hall–Kier alpha value is -0.610. The van der Waals surface area contributed by atoms with Gasteiger partial charge in [-0.15, -0.1) is 0 Å². The van der Waals surface area contributed by atoms with Crippen molar-refractivity contribution in [1.82, 2.24) is 14.9 Å². The summed E-state index contributed by atoms with van der Waals surface area (Å²) < 4.78 is 0. The molecule has 0 N–H and O–H groups in total. The molecule has 0 aliphatic carbocycles. The smallest absolute Gasteiger partial charge is 0.0599 e. The zero-order valence-electron chi connectivity index (χ0n) is 10.4. The number of likely N-dealkylation sites (N-methyl/N-ethyl adjacent to an activating group) is 1. The molecule has 90 valence electrons. The number of hydrogen-bond donors (Lipinski definition) is 0. The third-order valence-corrected chi connectivity index (χ3v) is 3.47. The lowest BCUT2D eigenvalue weighted by Crippen LogP contribution is -2.31. The minimum absolute atomic E-state index is 0.643. The molecule has 1 heterocycles. The van der Waals surface area contributed by atoms with E-state index in [1.54, 1.807) is 12.4 Å². The lowest BCUT2D eigenvalue weighted by molar-refractivity contribution is 0.255. The molecule has 4 heteroatoms. The molecule has 0 fully saturated rings. The van der Waals surface area contributed by atoms with Crippen LogP contribution in [0, 0.1) is 0 Å². The summed E-state index contributed by atoms with van der Waals surface area (Å²) >= 11 is 1.91. The van der Waals surface area contributed by atoms with Gasteiger partial charge in [0.15, 0.2) is 0 Å². The number of aromatic nitrogens is 2. The Morgan fingerprint density at radius 2 is 2.25 bits per heavy atom. The summed E-state index contributed by atoms with van der Waals surface area (Å²) in [6.45, 7) is 3.33. The van der Waals surface area contributed by atoms with Crippen molar-refractivity contribution in [1.29, 1.82) is 0 Å². The highest BCUT2D eigenvalue weighted by molar-refractivity contribution is 7.98. The van der Waals surface area contributed by atoms with Gasteiger partial charge in [-0.05, 0) is 32.4 Å². The minimum Gasteiger partial charge on any atom is -0.303 e. The molecule has 16 heavy (non-hydrogen) atoms. The molecule has 0 saturated heterocycles. The molecular formula is C12H21N3S. The lowest BCUT2D eigenvalue weighted by Gasteiger charge is -2.24. The molecule has 0 bridgehead atoms. The van der Waals surface area contributed by atoms with Crippen LogP contribution >= 0.6 is 11.8 Å². The monoisotopic (exact) mass is 239 g/mol. The van der Waals surface area contributed by atoms with Crippen molar-refractivity contribution in [3.8, 4) is 0 Å². The summed E-state index contributed by atoms with van der Waals surface area (Å²) in [6, 6.07) is 0.643. The Morgan fingerprint density at radius 1 is 1.44 bits per heavy atom. The molecule has 0 aliphatic heterocycles. The Morgan fingerprint density at radius 3 is 2.88 bits per heavy atom. The Kier molecular flexibility index (Phi) is 6.42. The molecule has 1 aromatic heterocycles. The van der Waals surface area contributed by atoms with E-state index in [1.807, 2.05) is 18.0 Å². The maximum absolute atomic E-state index is 4.28. The van der Waals surface area contributed by atoms with E-state index in [1.165, 1.54) is 12.2 Å². The van der Waals surface area contributed by atoms with Gasteiger partial charge in [0.1, 0.15) is 0 Å². The third kappa shape index (κ3) is 4.94. The zero-order valence-corrected chi connectivity index (χ0v) is 11.2. The molecule has 0 amide bonds. The van der Waals surface area contributed by atoms with Crippen LogP contribution in [0.2, 0.25) is 0 Å². The van der Waals surface area contributed by atoms with Crippen molar-refractivity contribution in [2.75, 3.05) is 25.6 Å². The molecule has 1 rings (SSSR count). The highest BCUT2D eigenvalue weighted by atomic mass is 32.2. The number of thioether (sulfide) groups is 1. The molecule has 3 nitrogen and oxygen atoms in total. The van der Waals surface area contributed by atoms with Crippen molar-refractivity contribution in [2.45, 2.75) is 25.8 Å². The van der Waals surface area contributed by atoms with E-state index in [-0.39, 0.29) is 0 Å². The summed E-state index contributed by atoms with van der Waals surface area (Å²) in [5, 5.41) is 0. The first-order chi connectivity index (χ1) is 7.74. The van der Waals surface area contributed by atoms with Crippen molar-refractivity contribution in [3.63, 3.8) is 0 Å². The average molecular weight is 239 g/mol. The van der Waals surface area contributed by atoms with Gasteiger partial charge in [-0.3, -0.25) is 9.97 Å². The van der Waals surface area contributed by atoms with Gasteiger partial charge in [0.05, 0.1) is 5.69 Å². The maximum atomic E-state index is 4.28. The van der Waals surface area contributed by atoms with E-state index in [9.17, 15) is 0 Å². The van der Waals surface area contributed by atoms with Crippen LogP contribution in [0.3, 0.4) is 0 Å². The van der Waals surface area contributed by atoms with E-state index in [0.717, 1.165) is 18.7 Å². The van der Waals surface area contributed by atoms with Crippen LogP contribution in [-0.2, 0) is 6.42 Å². The van der Waals surface area contributed by atoms with Crippen molar-refractivity contribution >= 4 is 11.8 Å². The topological polar surface area (TPSA) is 29.0 Å². The third-order valence-electron chi connectivity index (χ3n) is 2.83.